The predicted octanol–water partition coefficient (Wildman–Crippen LogP) is 3.16. The molecule has 2 rings (SSSR count). The molecule has 1 aliphatic rings. The highest BCUT2D eigenvalue weighted by atomic mass is 35.5. The second-order valence-electron chi connectivity index (χ2n) is 4.42. The lowest BCUT2D eigenvalue weighted by Crippen LogP contribution is -2.39. The predicted molar refractivity (Wildman–Crippen MR) is 57.6 cm³/mol. The highest BCUT2D eigenvalue weighted by molar-refractivity contribution is 6.28. The zero-order valence-corrected chi connectivity index (χ0v) is 9.56. The summed E-state index contributed by atoms with van der Waals surface area (Å²) in [6.07, 6.45) is 0.936. The largest absolute Gasteiger partial charge is 0.449 e. The van der Waals surface area contributed by atoms with E-state index in [4.69, 9.17) is 16.0 Å². The minimum absolute atomic E-state index is 0.380. The molecule has 2 atom stereocenters. The Labute approximate surface area is 89.6 Å². The Morgan fingerprint density at radius 2 is 2.29 bits per heavy atom. The molecular weight excluding hydrogens is 198 g/mol. The molecule has 0 radical (unpaired) electrons. The summed E-state index contributed by atoms with van der Waals surface area (Å²) in [7, 11) is 0. The fraction of sp³-hybridized carbons (Fsp3) is 0.636. The van der Waals surface area contributed by atoms with Gasteiger partial charge in [0.05, 0.1) is 0 Å². The zero-order valence-electron chi connectivity index (χ0n) is 8.80. The Hall–Kier alpha value is -0.470. The van der Waals surface area contributed by atoms with Crippen LogP contribution in [-0.4, -0.2) is 6.04 Å². The second-order valence-corrected chi connectivity index (χ2v) is 4.80. The van der Waals surface area contributed by atoms with E-state index in [1.807, 2.05) is 6.07 Å². The lowest BCUT2D eigenvalue weighted by molar-refractivity contribution is 0.321. The number of nitrogens with one attached hydrogen (secondary N) is 1. The van der Waals surface area contributed by atoms with Gasteiger partial charge < -0.3 is 9.73 Å². The van der Waals surface area contributed by atoms with Crippen LogP contribution in [0.25, 0.3) is 0 Å². The smallest absolute Gasteiger partial charge is 0.193 e. The quantitative estimate of drug-likeness (QED) is 0.775. The van der Waals surface area contributed by atoms with E-state index < -0.39 is 0 Å². The molecule has 14 heavy (non-hydrogen) atoms. The summed E-state index contributed by atoms with van der Waals surface area (Å²) in [5.41, 5.74) is 1.24. The molecule has 2 unspecified atom stereocenters. The van der Waals surface area contributed by atoms with E-state index in [-0.39, 0.29) is 0 Å². The monoisotopic (exact) mass is 213 g/mol. The van der Waals surface area contributed by atoms with E-state index in [1.54, 1.807) is 0 Å². The summed E-state index contributed by atoms with van der Waals surface area (Å²) >= 11 is 5.87. The van der Waals surface area contributed by atoms with Crippen molar-refractivity contribution < 1.29 is 4.42 Å². The van der Waals surface area contributed by atoms with Crippen LogP contribution in [0, 0.1) is 5.92 Å². The third-order valence-corrected chi connectivity index (χ3v) is 2.96. The van der Waals surface area contributed by atoms with Gasteiger partial charge in [-0.25, -0.2) is 0 Å². The van der Waals surface area contributed by atoms with E-state index >= 15 is 0 Å². The van der Waals surface area contributed by atoms with Gasteiger partial charge in [-0.3, -0.25) is 0 Å². The molecule has 1 aromatic rings. The van der Waals surface area contributed by atoms with Crippen LogP contribution in [0.2, 0.25) is 5.22 Å². The van der Waals surface area contributed by atoms with Crippen LogP contribution in [-0.2, 0) is 6.42 Å². The van der Waals surface area contributed by atoms with Gasteiger partial charge in [0, 0.05) is 30.1 Å². The van der Waals surface area contributed by atoms with E-state index in [0.717, 1.165) is 12.2 Å². The van der Waals surface area contributed by atoms with Crippen LogP contribution < -0.4 is 5.32 Å². The highest BCUT2D eigenvalue weighted by Crippen LogP contribution is 2.34. The fourth-order valence-electron chi connectivity index (χ4n) is 2.12. The summed E-state index contributed by atoms with van der Waals surface area (Å²) in [5.74, 6) is 1.62. The van der Waals surface area contributed by atoms with Gasteiger partial charge in [-0.15, -0.1) is 0 Å². The summed E-state index contributed by atoms with van der Waals surface area (Å²) in [5, 5.41) is 4.08. The number of furan rings is 1. The van der Waals surface area contributed by atoms with Gasteiger partial charge in [0.1, 0.15) is 5.76 Å². The Morgan fingerprint density at radius 3 is 2.93 bits per heavy atom. The van der Waals surface area contributed by atoms with Crippen LogP contribution in [0.4, 0.5) is 0 Å². The standard InChI is InChI=1S/C11H16ClNO/c1-6(2)11-8-5-10(12)14-9(8)4-7(3)13-11/h5-7,11,13H,4H2,1-3H3. The maximum absolute atomic E-state index is 5.87. The molecule has 0 saturated carbocycles. The van der Waals surface area contributed by atoms with E-state index in [1.165, 1.54) is 5.56 Å². The van der Waals surface area contributed by atoms with Gasteiger partial charge in [-0.2, -0.15) is 0 Å². The maximum Gasteiger partial charge on any atom is 0.193 e. The van der Waals surface area contributed by atoms with Crippen molar-refractivity contribution in [3.8, 4) is 0 Å². The van der Waals surface area contributed by atoms with Gasteiger partial charge in [0.25, 0.3) is 0 Å². The van der Waals surface area contributed by atoms with Gasteiger partial charge in [-0.05, 0) is 24.4 Å². The van der Waals surface area contributed by atoms with Crippen LogP contribution in [0.15, 0.2) is 10.5 Å². The molecule has 78 valence electrons. The molecule has 0 aliphatic carbocycles. The maximum atomic E-state index is 5.87. The Balaban J connectivity index is 2.37. The van der Waals surface area contributed by atoms with Crippen LogP contribution >= 0.6 is 11.6 Å². The first-order valence-electron chi connectivity index (χ1n) is 5.12. The summed E-state index contributed by atoms with van der Waals surface area (Å²) in [4.78, 5) is 0. The van der Waals surface area contributed by atoms with Crippen LogP contribution in [0.3, 0.4) is 0 Å². The number of halogens is 1. The Morgan fingerprint density at radius 1 is 1.57 bits per heavy atom. The first-order chi connectivity index (χ1) is 6.58. The number of rotatable bonds is 1. The molecule has 3 heteroatoms. The van der Waals surface area contributed by atoms with Crippen molar-refractivity contribution in [3.63, 3.8) is 0 Å². The molecule has 2 heterocycles. The van der Waals surface area contributed by atoms with Gasteiger partial charge in [-0.1, -0.05) is 13.8 Å². The molecule has 1 aromatic heterocycles. The molecule has 1 aliphatic heterocycles. The molecular formula is C11H16ClNO. The minimum atomic E-state index is 0.380. The molecule has 0 aromatic carbocycles. The Bertz CT molecular complexity index is 332. The van der Waals surface area contributed by atoms with Crippen LogP contribution in [0.1, 0.15) is 38.1 Å². The van der Waals surface area contributed by atoms with Gasteiger partial charge in [0.2, 0.25) is 0 Å². The highest BCUT2D eigenvalue weighted by Gasteiger charge is 2.29. The van der Waals surface area contributed by atoms with Crippen molar-refractivity contribution in [2.24, 2.45) is 5.92 Å². The van der Waals surface area contributed by atoms with Crippen molar-refractivity contribution in [2.45, 2.75) is 39.3 Å². The topological polar surface area (TPSA) is 25.2 Å². The molecule has 0 saturated heterocycles. The number of hydrogen-bond acceptors (Lipinski definition) is 2. The molecule has 0 fully saturated rings. The summed E-state index contributed by atoms with van der Waals surface area (Å²) in [6.45, 7) is 6.59. The molecule has 2 nitrogen and oxygen atoms in total. The zero-order chi connectivity index (χ0) is 10.3. The Kier molecular flexibility index (Phi) is 2.58. The number of fused-ring (bicyclic) bond motifs is 1. The van der Waals surface area contributed by atoms with E-state index in [9.17, 15) is 0 Å². The first kappa shape index (κ1) is 10.1. The number of hydrogen-bond donors (Lipinski definition) is 1. The molecule has 0 amide bonds. The third kappa shape index (κ3) is 1.69. The second kappa shape index (κ2) is 3.59. The molecule has 0 bridgehead atoms. The van der Waals surface area contributed by atoms with E-state index in [2.05, 4.69) is 26.1 Å². The van der Waals surface area contributed by atoms with Crippen LogP contribution in [0.5, 0.6) is 0 Å². The van der Waals surface area contributed by atoms with Crippen molar-refractivity contribution in [3.05, 3.63) is 22.6 Å². The average Bonchev–Trinajstić information content (AvgIpc) is 2.42. The fourth-order valence-corrected chi connectivity index (χ4v) is 2.33. The normalized spacial score (nSPS) is 26.6. The lowest BCUT2D eigenvalue weighted by Gasteiger charge is -2.30. The summed E-state index contributed by atoms with van der Waals surface area (Å²) in [6, 6.07) is 2.79. The SMILES string of the molecule is CC1Cc2oc(Cl)cc2C(C(C)C)N1. The van der Waals surface area contributed by atoms with Crippen molar-refractivity contribution in [2.75, 3.05) is 0 Å². The molecule has 1 N–H and O–H groups in total. The van der Waals surface area contributed by atoms with Gasteiger partial charge in [0.15, 0.2) is 5.22 Å². The van der Waals surface area contributed by atoms with Crippen molar-refractivity contribution in [1.29, 1.82) is 0 Å². The lowest BCUT2D eigenvalue weighted by atomic mass is 9.90. The minimum Gasteiger partial charge on any atom is -0.449 e. The molecule has 0 spiro atoms. The van der Waals surface area contributed by atoms with Gasteiger partial charge >= 0.3 is 0 Å². The first-order valence-corrected chi connectivity index (χ1v) is 5.50. The average molecular weight is 214 g/mol. The third-order valence-electron chi connectivity index (χ3n) is 2.77. The van der Waals surface area contributed by atoms with Crippen molar-refractivity contribution >= 4 is 11.6 Å². The van der Waals surface area contributed by atoms with E-state index in [0.29, 0.717) is 23.2 Å². The summed E-state index contributed by atoms with van der Waals surface area (Å²) < 4.78 is 5.48. The van der Waals surface area contributed by atoms with Crippen molar-refractivity contribution in [1.82, 2.24) is 5.32 Å².